The van der Waals surface area contributed by atoms with E-state index < -0.39 is 0 Å². The van der Waals surface area contributed by atoms with E-state index in [0.717, 1.165) is 42.9 Å². The average molecular weight is 328 g/mol. The van der Waals surface area contributed by atoms with Crippen molar-refractivity contribution < 1.29 is 9.47 Å². The summed E-state index contributed by atoms with van der Waals surface area (Å²) in [5, 5.41) is 0.699. The SMILES string of the molecule is CC(N)c1cc(Cl)ccc1OC1CCOC2(CCSC2)C1. The van der Waals surface area contributed by atoms with Crippen molar-refractivity contribution in [3.8, 4) is 5.75 Å². The molecule has 1 aromatic carbocycles. The monoisotopic (exact) mass is 327 g/mol. The van der Waals surface area contributed by atoms with Crippen molar-refractivity contribution in [3.63, 3.8) is 0 Å². The smallest absolute Gasteiger partial charge is 0.124 e. The van der Waals surface area contributed by atoms with Gasteiger partial charge in [-0.3, -0.25) is 0 Å². The van der Waals surface area contributed by atoms with Gasteiger partial charge in [0.25, 0.3) is 0 Å². The van der Waals surface area contributed by atoms with Gasteiger partial charge >= 0.3 is 0 Å². The Morgan fingerprint density at radius 3 is 3.10 bits per heavy atom. The highest BCUT2D eigenvalue weighted by atomic mass is 35.5. The Kier molecular flexibility index (Phi) is 4.69. The van der Waals surface area contributed by atoms with E-state index in [-0.39, 0.29) is 17.7 Å². The minimum atomic E-state index is -0.0884. The summed E-state index contributed by atoms with van der Waals surface area (Å²) in [6.45, 7) is 2.74. The Balaban J connectivity index is 1.74. The molecule has 2 heterocycles. The largest absolute Gasteiger partial charge is 0.490 e. The van der Waals surface area contributed by atoms with E-state index in [0.29, 0.717) is 5.02 Å². The lowest BCUT2D eigenvalue weighted by molar-refractivity contribution is -0.0960. The van der Waals surface area contributed by atoms with Crippen LogP contribution in [0.25, 0.3) is 0 Å². The Hall–Kier alpha value is -0.420. The predicted octanol–water partition coefficient (Wildman–Crippen LogP) is 3.79. The van der Waals surface area contributed by atoms with Gasteiger partial charge in [-0.15, -0.1) is 0 Å². The van der Waals surface area contributed by atoms with Gasteiger partial charge in [0, 0.05) is 35.2 Å². The van der Waals surface area contributed by atoms with Crippen LogP contribution in [0.2, 0.25) is 5.02 Å². The Morgan fingerprint density at radius 2 is 2.38 bits per heavy atom. The number of hydrogen-bond acceptors (Lipinski definition) is 4. The standard InChI is InChI=1S/C16H22ClNO2S/c1-11(18)14-8-12(17)2-3-15(14)20-13-4-6-19-16(9-13)5-7-21-10-16/h2-3,8,11,13H,4-7,9-10,18H2,1H3. The molecule has 3 unspecified atom stereocenters. The fourth-order valence-electron chi connectivity index (χ4n) is 3.11. The van der Waals surface area contributed by atoms with Crippen LogP contribution in [-0.2, 0) is 4.74 Å². The fourth-order valence-corrected chi connectivity index (χ4v) is 4.67. The normalized spacial score (nSPS) is 30.5. The number of thioether (sulfide) groups is 1. The quantitative estimate of drug-likeness (QED) is 0.917. The van der Waals surface area contributed by atoms with E-state index in [1.54, 1.807) is 0 Å². The van der Waals surface area contributed by atoms with Gasteiger partial charge in [-0.2, -0.15) is 11.8 Å². The van der Waals surface area contributed by atoms with Crippen LogP contribution in [0.15, 0.2) is 18.2 Å². The summed E-state index contributed by atoms with van der Waals surface area (Å²) in [6, 6.07) is 5.62. The molecule has 0 bridgehead atoms. The highest BCUT2D eigenvalue weighted by Crippen LogP contribution is 2.40. The van der Waals surface area contributed by atoms with E-state index >= 15 is 0 Å². The molecule has 21 heavy (non-hydrogen) atoms. The molecule has 0 aliphatic carbocycles. The summed E-state index contributed by atoms with van der Waals surface area (Å²) in [7, 11) is 0. The van der Waals surface area contributed by atoms with Crippen molar-refractivity contribution in [2.24, 2.45) is 5.73 Å². The molecule has 0 saturated carbocycles. The molecule has 1 spiro atoms. The van der Waals surface area contributed by atoms with Crippen LogP contribution >= 0.6 is 23.4 Å². The third kappa shape index (κ3) is 3.50. The van der Waals surface area contributed by atoms with E-state index in [1.165, 1.54) is 5.75 Å². The lowest BCUT2D eigenvalue weighted by Crippen LogP contribution is -2.44. The summed E-state index contributed by atoms with van der Waals surface area (Å²) >= 11 is 8.05. The maximum absolute atomic E-state index is 6.26. The summed E-state index contributed by atoms with van der Waals surface area (Å²) in [5.41, 5.74) is 7.05. The zero-order valence-electron chi connectivity index (χ0n) is 12.3. The van der Waals surface area contributed by atoms with E-state index in [4.69, 9.17) is 26.8 Å². The molecule has 2 aliphatic rings. The molecule has 3 nitrogen and oxygen atoms in total. The van der Waals surface area contributed by atoms with E-state index in [2.05, 4.69) is 0 Å². The minimum Gasteiger partial charge on any atom is -0.490 e. The van der Waals surface area contributed by atoms with Crippen molar-refractivity contribution in [2.45, 2.75) is 43.9 Å². The molecule has 1 aromatic rings. The lowest BCUT2D eigenvalue weighted by Gasteiger charge is -2.38. The molecule has 2 fully saturated rings. The molecular weight excluding hydrogens is 306 g/mol. The maximum atomic E-state index is 6.26. The summed E-state index contributed by atoms with van der Waals surface area (Å²) in [5.74, 6) is 3.15. The number of benzene rings is 1. The molecule has 2 N–H and O–H groups in total. The highest BCUT2D eigenvalue weighted by Gasteiger charge is 2.41. The van der Waals surface area contributed by atoms with Gasteiger partial charge in [0.2, 0.25) is 0 Å². The molecule has 0 amide bonds. The number of hydrogen-bond donors (Lipinski definition) is 1. The highest BCUT2D eigenvalue weighted by molar-refractivity contribution is 7.99. The summed E-state index contributed by atoms with van der Waals surface area (Å²) in [6.07, 6.45) is 3.25. The summed E-state index contributed by atoms with van der Waals surface area (Å²) in [4.78, 5) is 0. The molecule has 5 heteroatoms. The zero-order valence-corrected chi connectivity index (χ0v) is 13.9. The Bertz CT molecular complexity index is 503. The van der Waals surface area contributed by atoms with Crippen molar-refractivity contribution in [2.75, 3.05) is 18.1 Å². The fraction of sp³-hybridized carbons (Fsp3) is 0.625. The molecule has 2 saturated heterocycles. The van der Waals surface area contributed by atoms with Crippen LogP contribution in [0.3, 0.4) is 0 Å². The third-order valence-electron chi connectivity index (χ3n) is 4.27. The van der Waals surface area contributed by atoms with Crippen LogP contribution in [0.4, 0.5) is 0 Å². The number of halogens is 1. The first kappa shape index (κ1) is 15.5. The van der Waals surface area contributed by atoms with Crippen LogP contribution in [-0.4, -0.2) is 29.8 Å². The van der Waals surface area contributed by atoms with Gasteiger partial charge in [0.1, 0.15) is 11.9 Å². The molecule has 0 radical (unpaired) electrons. The van der Waals surface area contributed by atoms with E-state index in [1.807, 2.05) is 36.9 Å². The second-order valence-corrected chi connectivity index (χ2v) is 7.58. The first-order chi connectivity index (χ1) is 10.1. The van der Waals surface area contributed by atoms with Crippen molar-refractivity contribution in [3.05, 3.63) is 28.8 Å². The Morgan fingerprint density at radius 1 is 1.52 bits per heavy atom. The second kappa shape index (κ2) is 6.37. The van der Waals surface area contributed by atoms with Gasteiger partial charge in [0.15, 0.2) is 0 Å². The first-order valence-corrected chi connectivity index (χ1v) is 9.05. The molecule has 116 valence electrons. The van der Waals surface area contributed by atoms with Crippen LogP contribution in [0.1, 0.15) is 37.8 Å². The van der Waals surface area contributed by atoms with E-state index in [9.17, 15) is 0 Å². The molecule has 2 aliphatic heterocycles. The molecular formula is C16H22ClNO2S. The van der Waals surface area contributed by atoms with Crippen LogP contribution < -0.4 is 10.5 Å². The van der Waals surface area contributed by atoms with Crippen LogP contribution in [0.5, 0.6) is 5.75 Å². The number of nitrogens with two attached hydrogens (primary N) is 1. The van der Waals surface area contributed by atoms with Gasteiger partial charge < -0.3 is 15.2 Å². The predicted molar refractivity (Wildman–Crippen MR) is 88.3 cm³/mol. The number of rotatable bonds is 3. The van der Waals surface area contributed by atoms with Crippen molar-refractivity contribution >= 4 is 23.4 Å². The van der Waals surface area contributed by atoms with Gasteiger partial charge in [-0.05, 0) is 37.3 Å². The van der Waals surface area contributed by atoms with Gasteiger partial charge in [-0.25, -0.2) is 0 Å². The van der Waals surface area contributed by atoms with Crippen molar-refractivity contribution in [1.82, 2.24) is 0 Å². The average Bonchev–Trinajstić information content (AvgIpc) is 2.88. The van der Waals surface area contributed by atoms with Gasteiger partial charge in [0.05, 0.1) is 12.2 Å². The molecule has 3 atom stereocenters. The third-order valence-corrected chi connectivity index (χ3v) is 5.73. The topological polar surface area (TPSA) is 44.5 Å². The maximum Gasteiger partial charge on any atom is 0.124 e. The summed E-state index contributed by atoms with van der Waals surface area (Å²) < 4.78 is 12.3. The molecule has 0 aromatic heterocycles. The number of ether oxygens (including phenoxy) is 2. The Labute approximate surface area is 135 Å². The van der Waals surface area contributed by atoms with Crippen molar-refractivity contribution in [1.29, 1.82) is 0 Å². The zero-order chi connectivity index (χ0) is 14.9. The van der Waals surface area contributed by atoms with Gasteiger partial charge in [-0.1, -0.05) is 11.6 Å². The van der Waals surface area contributed by atoms with Crippen LogP contribution in [0, 0.1) is 0 Å². The molecule has 3 rings (SSSR count). The lowest BCUT2D eigenvalue weighted by atomic mass is 9.91. The first-order valence-electron chi connectivity index (χ1n) is 7.51. The second-order valence-electron chi connectivity index (χ2n) is 6.04. The minimum absolute atomic E-state index is 0.0362.